The normalized spacial score (nSPS) is 13.7. The highest BCUT2D eigenvalue weighted by Crippen LogP contribution is 2.22. The fraction of sp³-hybridized carbons (Fsp3) is 0.846. The molecule has 0 rings (SSSR count). The third-order valence-corrected chi connectivity index (χ3v) is 2.84. The lowest BCUT2D eigenvalue weighted by Crippen LogP contribution is -2.58. The van der Waals surface area contributed by atoms with Crippen molar-refractivity contribution in [2.45, 2.75) is 65.1 Å². The van der Waals surface area contributed by atoms with Crippen LogP contribution in [0.15, 0.2) is 0 Å². The molecule has 104 valence electrons. The van der Waals surface area contributed by atoms with E-state index in [1.807, 2.05) is 47.6 Å². The summed E-state index contributed by atoms with van der Waals surface area (Å²) in [6.07, 6.45) is -0.199. The van der Waals surface area contributed by atoms with Crippen molar-refractivity contribution >= 4 is 6.09 Å². The van der Waals surface area contributed by atoms with Crippen molar-refractivity contribution in [3.8, 4) is 6.07 Å². The summed E-state index contributed by atoms with van der Waals surface area (Å²) in [5.74, 6) is 0. The lowest BCUT2D eigenvalue weighted by atomic mass is 9.91. The Labute approximate surface area is 110 Å². The highest BCUT2D eigenvalue weighted by Gasteiger charge is 2.37. The first-order valence-electron chi connectivity index (χ1n) is 6.19. The minimum atomic E-state index is -0.618. The van der Waals surface area contributed by atoms with Crippen LogP contribution in [-0.4, -0.2) is 34.7 Å². The quantitative estimate of drug-likeness (QED) is 0.835. The van der Waals surface area contributed by atoms with Gasteiger partial charge in [0, 0.05) is 12.6 Å². The summed E-state index contributed by atoms with van der Waals surface area (Å²) in [7, 11) is 0. The fourth-order valence-electron chi connectivity index (χ4n) is 1.64. The average Bonchev–Trinajstić information content (AvgIpc) is 2.15. The Morgan fingerprint density at radius 1 is 1.39 bits per heavy atom. The van der Waals surface area contributed by atoms with Crippen molar-refractivity contribution in [1.82, 2.24) is 4.90 Å². The largest absolute Gasteiger partial charge is 0.444 e. The maximum Gasteiger partial charge on any atom is 0.410 e. The minimum absolute atomic E-state index is 0.201. The Bertz CT molecular complexity index is 326. The van der Waals surface area contributed by atoms with Gasteiger partial charge in [-0.25, -0.2) is 4.79 Å². The molecule has 0 aromatic heterocycles. The highest BCUT2D eigenvalue weighted by molar-refractivity contribution is 5.69. The van der Waals surface area contributed by atoms with E-state index in [0.29, 0.717) is 6.54 Å². The molecule has 1 amide bonds. The predicted octanol–water partition coefficient (Wildman–Crippen LogP) is 2.26. The van der Waals surface area contributed by atoms with Gasteiger partial charge in [0.1, 0.15) is 5.60 Å². The SMILES string of the molecule is CCN(C(=O)OC(C)(C)C)C(C)(C)C(N)CC#N. The van der Waals surface area contributed by atoms with E-state index in [0.717, 1.165) is 0 Å². The van der Waals surface area contributed by atoms with Crippen molar-refractivity contribution in [1.29, 1.82) is 5.26 Å². The molecule has 0 heterocycles. The van der Waals surface area contributed by atoms with Gasteiger partial charge in [-0.3, -0.25) is 0 Å². The second kappa shape index (κ2) is 6.05. The fourth-order valence-corrected chi connectivity index (χ4v) is 1.64. The molecular weight excluding hydrogens is 230 g/mol. The first-order chi connectivity index (χ1) is 8.06. The van der Waals surface area contributed by atoms with E-state index < -0.39 is 23.3 Å². The third-order valence-electron chi connectivity index (χ3n) is 2.84. The standard InChI is InChI=1S/C13H25N3O2/c1-7-16(11(17)18-12(2,3)4)13(5,6)10(15)8-9-14/h10H,7-8,15H2,1-6H3. The predicted molar refractivity (Wildman–Crippen MR) is 70.9 cm³/mol. The van der Waals surface area contributed by atoms with Crippen molar-refractivity contribution < 1.29 is 9.53 Å². The number of carbonyl (C=O) groups is 1. The number of nitrogens with two attached hydrogens (primary N) is 1. The number of amides is 1. The Morgan fingerprint density at radius 3 is 2.22 bits per heavy atom. The molecule has 5 nitrogen and oxygen atoms in total. The molecule has 0 aliphatic heterocycles. The first kappa shape index (κ1) is 16.7. The van der Waals surface area contributed by atoms with E-state index >= 15 is 0 Å². The van der Waals surface area contributed by atoms with Gasteiger partial charge in [-0.05, 0) is 41.5 Å². The average molecular weight is 255 g/mol. The molecule has 0 aromatic carbocycles. The number of rotatable bonds is 4. The number of carbonyl (C=O) groups excluding carboxylic acids is 1. The number of nitriles is 1. The van der Waals surface area contributed by atoms with Gasteiger partial charge >= 0.3 is 6.09 Å². The monoisotopic (exact) mass is 255 g/mol. The summed E-state index contributed by atoms with van der Waals surface area (Å²) in [4.78, 5) is 13.7. The Balaban J connectivity index is 4.97. The first-order valence-corrected chi connectivity index (χ1v) is 6.19. The van der Waals surface area contributed by atoms with Crippen molar-refractivity contribution in [3.05, 3.63) is 0 Å². The van der Waals surface area contributed by atoms with Gasteiger partial charge < -0.3 is 15.4 Å². The molecule has 1 atom stereocenters. The van der Waals surface area contributed by atoms with Gasteiger partial charge in [-0.2, -0.15) is 5.26 Å². The molecule has 0 aliphatic rings. The lowest BCUT2D eigenvalue weighted by molar-refractivity contribution is 0.000124. The van der Waals surface area contributed by atoms with Gasteiger partial charge in [0.25, 0.3) is 0 Å². The number of likely N-dealkylation sites (N-methyl/N-ethyl adjacent to an activating group) is 1. The van der Waals surface area contributed by atoms with Crippen LogP contribution in [0.5, 0.6) is 0 Å². The molecule has 0 saturated heterocycles. The molecule has 0 fully saturated rings. The van der Waals surface area contributed by atoms with Crippen LogP contribution < -0.4 is 5.73 Å². The summed E-state index contributed by atoms with van der Waals surface area (Å²) in [5.41, 5.74) is 4.81. The van der Waals surface area contributed by atoms with E-state index in [-0.39, 0.29) is 6.42 Å². The molecule has 0 spiro atoms. The van der Waals surface area contributed by atoms with Gasteiger partial charge in [-0.15, -0.1) is 0 Å². The minimum Gasteiger partial charge on any atom is -0.444 e. The van der Waals surface area contributed by atoms with Gasteiger partial charge in [-0.1, -0.05) is 0 Å². The smallest absolute Gasteiger partial charge is 0.410 e. The maximum absolute atomic E-state index is 12.1. The summed E-state index contributed by atoms with van der Waals surface area (Å²) in [6.45, 7) is 11.5. The van der Waals surface area contributed by atoms with Crippen LogP contribution in [0.25, 0.3) is 0 Å². The molecule has 5 heteroatoms. The van der Waals surface area contributed by atoms with Crippen molar-refractivity contribution in [3.63, 3.8) is 0 Å². The molecule has 0 saturated carbocycles. The number of nitrogens with zero attached hydrogens (tertiary/aromatic N) is 2. The summed E-state index contributed by atoms with van der Waals surface area (Å²) >= 11 is 0. The van der Waals surface area contributed by atoms with Crippen LogP contribution in [0.3, 0.4) is 0 Å². The topological polar surface area (TPSA) is 79.3 Å². The molecule has 1 unspecified atom stereocenters. The zero-order valence-corrected chi connectivity index (χ0v) is 12.3. The molecule has 0 radical (unpaired) electrons. The van der Waals surface area contributed by atoms with Crippen LogP contribution in [-0.2, 0) is 4.74 Å². The Morgan fingerprint density at radius 2 is 1.89 bits per heavy atom. The number of hydrogen-bond acceptors (Lipinski definition) is 4. The molecule has 2 N–H and O–H groups in total. The van der Waals surface area contributed by atoms with Crippen LogP contribution in [0.4, 0.5) is 4.79 Å². The summed E-state index contributed by atoms with van der Waals surface area (Å²) < 4.78 is 5.35. The van der Waals surface area contributed by atoms with Crippen molar-refractivity contribution in [2.24, 2.45) is 5.73 Å². The van der Waals surface area contributed by atoms with E-state index in [1.54, 1.807) is 4.90 Å². The molecular formula is C13H25N3O2. The summed E-state index contributed by atoms with van der Waals surface area (Å²) in [5, 5.41) is 8.71. The lowest BCUT2D eigenvalue weighted by Gasteiger charge is -2.41. The second-order valence-electron chi connectivity index (χ2n) is 5.85. The zero-order valence-electron chi connectivity index (χ0n) is 12.3. The van der Waals surface area contributed by atoms with E-state index in [1.165, 1.54) is 0 Å². The Hall–Kier alpha value is -1.28. The van der Waals surface area contributed by atoms with E-state index in [4.69, 9.17) is 15.7 Å². The number of ether oxygens (including phenoxy) is 1. The zero-order chi connectivity index (χ0) is 14.6. The second-order valence-corrected chi connectivity index (χ2v) is 5.85. The maximum atomic E-state index is 12.1. The van der Waals surface area contributed by atoms with Gasteiger partial charge in [0.15, 0.2) is 0 Å². The molecule has 18 heavy (non-hydrogen) atoms. The van der Waals surface area contributed by atoms with Crippen LogP contribution in [0.2, 0.25) is 0 Å². The molecule has 0 aromatic rings. The van der Waals surface area contributed by atoms with Crippen molar-refractivity contribution in [2.75, 3.05) is 6.54 Å². The van der Waals surface area contributed by atoms with E-state index in [9.17, 15) is 4.79 Å². The molecule has 0 bridgehead atoms. The number of hydrogen-bond donors (Lipinski definition) is 1. The third kappa shape index (κ3) is 4.53. The van der Waals surface area contributed by atoms with Gasteiger partial charge in [0.2, 0.25) is 0 Å². The molecule has 0 aliphatic carbocycles. The van der Waals surface area contributed by atoms with Gasteiger partial charge in [0.05, 0.1) is 18.0 Å². The van der Waals surface area contributed by atoms with E-state index in [2.05, 4.69) is 0 Å². The Kier molecular flexibility index (Phi) is 5.62. The van der Waals surface area contributed by atoms with Crippen LogP contribution >= 0.6 is 0 Å². The summed E-state index contributed by atoms with van der Waals surface area (Å²) in [6, 6.07) is 1.63. The van der Waals surface area contributed by atoms with Crippen LogP contribution in [0.1, 0.15) is 48.0 Å². The highest BCUT2D eigenvalue weighted by atomic mass is 16.6. The van der Waals surface area contributed by atoms with Crippen LogP contribution in [0, 0.1) is 11.3 Å².